The van der Waals surface area contributed by atoms with Crippen LogP contribution in [-0.4, -0.2) is 4.98 Å². The number of nitrogens with two attached hydrogens (primary N) is 1. The van der Waals surface area contributed by atoms with Crippen LogP contribution in [0.5, 0.6) is 0 Å². The third-order valence-corrected chi connectivity index (χ3v) is 4.28. The number of hydrogen-bond acceptors (Lipinski definition) is 3. The number of nitrogens with zero attached hydrogens (tertiary/aromatic N) is 1. The van der Waals surface area contributed by atoms with Crippen molar-refractivity contribution in [3.63, 3.8) is 0 Å². The molecule has 0 saturated heterocycles. The molecule has 0 aliphatic rings. The lowest BCUT2D eigenvalue weighted by molar-refractivity contribution is 1.22. The molecule has 2 nitrogen and oxygen atoms in total. The van der Waals surface area contributed by atoms with E-state index in [9.17, 15) is 0 Å². The molecule has 1 heterocycles. The number of fused-ring (bicyclic) bond motifs is 1. The van der Waals surface area contributed by atoms with Crippen LogP contribution in [-0.2, 0) is 0 Å². The first-order valence-corrected chi connectivity index (χ1v) is 7.41. The first-order valence-electron chi connectivity index (χ1n) is 6.22. The predicted octanol–water partition coefficient (Wildman–Crippen LogP) is 4.93. The van der Waals surface area contributed by atoms with Gasteiger partial charge in [0.2, 0.25) is 0 Å². The van der Waals surface area contributed by atoms with Gasteiger partial charge in [0.15, 0.2) is 0 Å². The number of hydrogen-bond donors (Lipinski definition) is 1. The van der Waals surface area contributed by atoms with Gasteiger partial charge in [0.25, 0.3) is 0 Å². The largest absolute Gasteiger partial charge is 0.399 e. The Balaban J connectivity index is 2.10. The highest BCUT2D eigenvalue weighted by atomic mass is 35.5. The summed E-state index contributed by atoms with van der Waals surface area (Å²) in [4.78, 5) is 6.84. The van der Waals surface area contributed by atoms with Gasteiger partial charge in [-0.15, -0.1) is 0 Å². The fourth-order valence-electron chi connectivity index (χ4n) is 2.05. The Morgan fingerprint density at radius 2 is 1.80 bits per heavy atom. The number of aryl methyl sites for hydroxylation is 1. The lowest BCUT2D eigenvalue weighted by Crippen LogP contribution is -1.90. The van der Waals surface area contributed by atoms with Crippen LogP contribution in [0.25, 0.3) is 10.9 Å². The van der Waals surface area contributed by atoms with Crippen molar-refractivity contribution in [1.29, 1.82) is 0 Å². The van der Waals surface area contributed by atoms with Crippen LogP contribution in [0.1, 0.15) is 5.69 Å². The molecule has 1 aromatic heterocycles. The van der Waals surface area contributed by atoms with E-state index in [1.165, 1.54) is 0 Å². The topological polar surface area (TPSA) is 38.9 Å². The van der Waals surface area contributed by atoms with Crippen LogP contribution in [0, 0.1) is 6.92 Å². The van der Waals surface area contributed by atoms with Crippen molar-refractivity contribution in [2.24, 2.45) is 0 Å². The highest BCUT2D eigenvalue weighted by Gasteiger charge is 2.06. The maximum atomic E-state index is 5.92. The SMILES string of the molecule is Cc1cc(Sc2ccc(Cl)cc2)c2cc(N)ccc2n1. The molecule has 2 N–H and O–H groups in total. The summed E-state index contributed by atoms with van der Waals surface area (Å²) < 4.78 is 0. The molecule has 0 radical (unpaired) electrons. The molecule has 0 bridgehead atoms. The van der Waals surface area contributed by atoms with Gasteiger partial charge in [0.1, 0.15) is 0 Å². The minimum absolute atomic E-state index is 0.745. The molecular formula is C16H13ClN2S. The summed E-state index contributed by atoms with van der Waals surface area (Å²) in [5.74, 6) is 0. The number of anilines is 1. The zero-order valence-electron chi connectivity index (χ0n) is 10.9. The molecular weight excluding hydrogens is 288 g/mol. The Morgan fingerprint density at radius 1 is 1.05 bits per heavy atom. The van der Waals surface area contributed by atoms with Gasteiger partial charge in [-0.25, -0.2) is 0 Å². The first-order chi connectivity index (χ1) is 9.61. The fraction of sp³-hybridized carbons (Fsp3) is 0.0625. The van der Waals surface area contributed by atoms with Crippen molar-refractivity contribution in [2.45, 2.75) is 16.7 Å². The van der Waals surface area contributed by atoms with Crippen molar-refractivity contribution >= 4 is 40.0 Å². The highest BCUT2D eigenvalue weighted by molar-refractivity contribution is 7.99. The van der Waals surface area contributed by atoms with Crippen molar-refractivity contribution in [1.82, 2.24) is 4.98 Å². The third kappa shape index (κ3) is 2.74. The molecule has 3 aromatic rings. The summed E-state index contributed by atoms with van der Waals surface area (Å²) in [5.41, 5.74) is 8.61. The summed E-state index contributed by atoms with van der Waals surface area (Å²) in [7, 11) is 0. The number of pyridine rings is 1. The second-order valence-electron chi connectivity index (χ2n) is 4.59. The van der Waals surface area contributed by atoms with Gasteiger partial charge in [-0.05, 0) is 55.5 Å². The van der Waals surface area contributed by atoms with E-state index < -0.39 is 0 Å². The number of nitrogen functional groups attached to an aromatic ring is 1. The maximum Gasteiger partial charge on any atom is 0.0718 e. The van der Waals surface area contributed by atoms with Crippen LogP contribution >= 0.6 is 23.4 Å². The van der Waals surface area contributed by atoms with E-state index in [0.717, 1.165) is 37.1 Å². The summed E-state index contributed by atoms with van der Waals surface area (Å²) in [6, 6.07) is 15.7. The molecule has 4 heteroatoms. The van der Waals surface area contributed by atoms with Gasteiger partial charge >= 0.3 is 0 Å². The van der Waals surface area contributed by atoms with E-state index in [1.807, 2.05) is 49.4 Å². The van der Waals surface area contributed by atoms with Gasteiger partial charge in [-0.2, -0.15) is 0 Å². The Labute approximate surface area is 127 Å². The van der Waals surface area contributed by atoms with Gasteiger partial charge in [0, 0.05) is 31.6 Å². The number of rotatable bonds is 2. The fourth-order valence-corrected chi connectivity index (χ4v) is 3.21. The minimum Gasteiger partial charge on any atom is -0.399 e. The van der Waals surface area contributed by atoms with Gasteiger partial charge in [0.05, 0.1) is 5.52 Å². The molecule has 20 heavy (non-hydrogen) atoms. The Kier molecular flexibility index (Phi) is 3.55. The van der Waals surface area contributed by atoms with Crippen molar-refractivity contribution in [3.05, 3.63) is 59.2 Å². The van der Waals surface area contributed by atoms with Crippen molar-refractivity contribution < 1.29 is 0 Å². The van der Waals surface area contributed by atoms with E-state index in [2.05, 4.69) is 11.1 Å². The van der Waals surface area contributed by atoms with Gasteiger partial charge in [-0.3, -0.25) is 4.98 Å². The number of halogens is 1. The second-order valence-corrected chi connectivity index (χ2v) is 6.15. The Hall–Kier alpha value is -1.71. The second kappa shape index (κ2) is 5.35. The summed E-state index contributed by atoms with van der Waals surface area (Å²) in [6.45, 7) is 2.00. The molecule has 0 saturated carbocycles. The highest BCUT2D eigenvalue weighted by Crippen LogP contribution is 2.34. The first kappa shape index (κ1) is 13.3. The molecule has 0 atom stereocenters. The smallest absolute Gasteiger partial charge is 0.0718 e. The van der Waals surface area contributed by atoms with E-state index in [4.69, 9.17) is 17.3 Å². The van der Waals surface area contributed by atoms with Crippen molar-refractivity contribution in [2.75, 3.05) is 5.73 Å². The molecule has 0 unspecified atom stereocenters. The normalized spacial score (nSPS) is 10.9. The number of aromatic nitrogens is 1. The zero-order chi connectivity index (χ0) is 14.1. The predicted molar refractivity (Wildman–Crippen MR) is 86.5 cm³/mol. The molecule has 0 aliphatic heterocycles. The van der Waals surface area contributed by atoms with Crippen molar-refractivity contribution in [3.8, 4) is 0 Å². The standard InChI is InChI=1S/C16H13ClN2S/c1-10-8-16(20-13-5-2-11(17)3-6-13)14-9-12(18)4-7-15(14)19-10/h2-9H,18H2,1H3. The van der Waals surface area contributed by atoms with E-state index >= 15 is 0 Å². The quantitative estimate of drug-likeness (QED) is 0.682. The third-order valence-electron chi connectivity index (χ3n) is 2.96. The molecule has 0 spiro atoms. The Bertz CT molecular complexity index is 769. The van der Waals surface area contributed by atoms with E-state index in [1.54, 1.807) is 11.8 Å². The van der Waals surface area contributed by atoms with Crippen LogP contribution < -0.4 is 5.73 Å². The number of benzene rings is 2. The summed E-state index contributed by atoms with van der Waals surface area (Å²) in [5, 5.41) is 1.82. The monoisotopic (exact) mass is 300 g/mol. The van der Waals surface area contributed by atoms with Gasteiger partial charge in [-0.1, -0.05) is 23.4 Å². The van der Waals surface area contributed by atoms with Crippen LogP contribution in [0.2, 0.25) is 5.02 Å². The maximum absolute atomic E-state index is 5.92. The van der Waals surface area contributed by atoms with E-state index in [-0.39, 0.29) is 0 Å². The van der Waals surface area contributed by atoms with Crippen LogP contribution in [0.15, 0.2) is 58.3 Å². The zero-order valence-corrected chi connectivity index (χ0v) is 12.5. The average molecular weight is 301 g/mol. The molecule has 0 aliphatic carbocycles. The molecule has 0 fully saturated rings. The molecule has 0 amide bonds. The molecule has 100 valence electrons. The van der Waals surface area contributed by atoms with Crippen LogP contribution in [0.3, 0.4) is 0 Å². The van der Waals surface area contributed by atoms with Crippen LogP contribution in [0.4, 0.5) is 5.69 Å². The lowest BCUT2D eigenvalue weighted by Gasteiger charge is -2.08. The molecule has 3 rings (SSSR count). The van der Waals surface area contributed by atoms with Gasteiger partial charge < -0.3 is 5.73 Å². The minimum atomic E-state index is 0.745. The van der Waals surface area contributed by atoms with E-state index in [0.29, 0.717) is 0 Å². The Morgan fingerprint density at radius 3 is 2.55 bits per heavy atom. The molecule has 2 aromatic carbocycles. The summed E-state index contributed by atoms with van der Waals surface area (Å²) in [6.07, 6.45) is 0. The lowest BCUT2D eigenvalue weighted by atomic mass is 10.2. The summed E-state index contributed by atoms with van der Waals surface area (Å²) >= 11 is 7.61. The average Bonchev–Trinajstić information content (AvgIpc) is 2.42.